The fourth-order valence-electron chi connectivity index (χ4n) is 5.14. The second-order valence-corrected chi connectivity index (χ2v) is 10.4. The Labute approximate surface area is 244 Å². The van der Waals surface area contributed by atoms with Crippen molar-refractivity contribution < 1.29 is 14.7 Å². The molecule has 2 heterocycles. The van der Waals surface area contributed by atoms with Gasteiger partial charge in [-0.3, -0.25) is 9.59 Å². The van der Waals surface area contributed by atoms with Crippen LogP contribution < -0.4 is 20.9 Å². The Bertz CT molecular complexity index is 1480. The van der Waals surface area contributed by atoms with Crippen molar-refractivity contribution in [3.8, 4) is 11.4 Å². The van der Waals surface area contributed by atoms with Gasteiger partial charge in [-0.1, -0.05) is 48.5 Å². The number of hydrogen-bond donors (Lipinski definition) is 5. The Kier molecular flexibility index (Phi) is 9.52. The first-order valence-corrected chi connectivity index (χ1v) is 14.3. The summed E-state index contributed by atoms with van der Waals surface area (Å²) < 4.78 is 0. The lowest BCUT2D eigenvalue weighted by atomic mass is 10.00. The Morgan fingerprint density at radius 3 is 2.64 bits per heavy atom. The van der Waals surface area contributed by atoms with E-state index in [9.17, 15) is 14.7 Å². The molecule has 5 N–H and O–H groups in total. The Morgan fingerprint density at radius 1 is 1.07 bits per heavy atom. The number of H-pyrrole nitrogens is 1. The monoisotopic (exact) mass is 568 g/mol. The molecule has 0 radical (unpaired) electrons. The van der Waals surface area contributed by atoms with Gasteiger partial charge in [-0.05, 0) is 60.4 Å². The van der Waals surface area contributed by atoms with Crippen molar-refractivity contribution in [1.82, 2.24) is 31.3 Å². The Balaban J connectivity index is 1.29. The minimum absolute atomic E-state index is 0.0567. The number of rotatable bonds is 13. The quantitative estimate of drug-likeness (QED) is 0.165. The number of benzene rings is 3. The van der Waals surface area contributed by atoms with E-state index in [2.05, 4.69) is 36.6 Å². The lowest BCUT2D eigenvalue weighted by Crippen LogP contribution is -2.48. The molecule has 1 saturated heterocycles. The summed E-state index contributed by atoms with van der Waals surface area (Å²) in [6.45, 7) is 4.06. The van der Waals surface area contributed by atoms with Gasteiger partial charge >= 0.3 is 0 Å². The third-order valence-electron chi connectivity index (χ3n) is 7.24. The molecule has 0 bridgehead atoms. The number of carbonyl (C=O) groups is 2. The molecule has 0 unspecified atom stereocenters. The fraction of sp³-hybridized carbons (Fsp3) is 0.323. The number of aliphatic hydroxyl groups excluding tert-OH is 1. The first kappa shape index (κ1) is 28.9. The summed E-state index contributed by atoms with van der Waals surface area (Å²) in [4.78, 5) is 27.8. The first-order valence-electron chi connectivity index (χ1n) is 14.3. The largest absolute Gasteiger partial charge is 0.390 e. The first-order chi connectivity index (χ1) is 20.5. The number of aromatic amines is 1. The molecule has 0 spiro atoms. The molecule has 1 aromatic heterocycles. The van der Waals surface area contributed by atoms with Gasteiger partial charge in [-0.15, -0.1) is 10.2 Å². The van der Waals surface area contributed by atoms with Crippen LogP contribution in [0.2, 0.25) is 0 Å². The second kappa shape index (κ2) is 13.8. The van der Waals surface area contributed by atoms with Crippen LogP contribution in [0, 0.1) is 0 Å². The lowest BCUT2D eigenvalue weighted by molar-refractivity contribution is -0.117. The number of aromatic nitrogens is 4. The zero-order chi connectivity index (χ0) is 29.3. The molecule has 1 aliphatic heterocycles. The maximum atomic E-state index is 13.6. The van der Waals surface area contributed by atoms with Crippen LogP contribution in [0.3, 0.4) is 0 Å². The highest BCUT2D eigenvalue weighted by Gasteiger charge is 2.26. The zero-order valence-corrected chi connectivity index (χ0v) is 23.6. The third-order valence-corrected chi connectivity index (χ3v) is 7.24. The minimum Gasteiger partial charge on any atom is -0.390 e. The maximum Gasteiger partial charge on any atom is 0.251 e. The predicted octanol–water partition coefficient (Wildman–Crippen LogP) is 2.92. The van der Waals surface area contributed by atoms with E-state index in [1.807, 2.05) is 67.6 Å². The van der Waals surface area contributed by atoms with E-state index in [0.717, 1.165) is 28.8 Å². The van der Waals surface area contributed by atoms with Crippen LogP contribution in [0.5, 0.6) is 0 Å². The Hall–Kier alpha value is -4.61. The van der Waals surface area contributed by atoms with E-state index < -0.39 is 12.1 Å². The van der Waals surface area contributed by atoms with Crippen LogP contribution in [-0.4, -0.2) is 69.3 Å². The van der Waals surface area contributed by atoms with Crippen LogP contribution in [0.4, 0.5) is 11.4 Å². The third kappa shape index (κ3) is 7.36. The number of aliphatic hydroxyl groups is 1. The van der Waals surface area contributed by atoms with E-state index in [4.69, 9.17) is 0 Å². The normalized spacial score (nSPS) is 14.5. The molecule has 11 nitrogen and oxygen atoms in total. The molecule has 5 rings (SSSR count). The smallest absolute Gasteiger partial charge is 0.251 e. The summed E-state index contributed by atoms with van der Waals surface area (Å²) in [6, 6.07) is 22.4. The standard InChI is InChI=1S/C31H36N8O3/c1-2-33-25-16-24(17-26(18-25)39-13-7-12-29(39)41)31(42)34-27(15-21-8-4-3-5-9-21)28(40)20-32-19-22-10-6-11-23(14-22)30-35-37-38-36-30/h3-6,8-11,14,16-18,27-28,32-33,40H,2,7,12-13,15,19-20H2,1H3,(H,34,42)(H,35,36,37,38)/t27-,28-/m0/s1. The molecule has 11 heteroatoms. The molecule has 1 aliphatic rings. The van der Waals surface area contributed by atoms with Crippen LogP contribution in [0.1, 0.15) is 41.3 Å². The van der Waals surface area contributed by atoms with Crippen molar-refractivity contribution in [2.24, 2.45) is 0 Å². The summed E-state index contributed by atoms with van der Waals surface area (Å²) in [6.07, 6.45) is 0.886. The average Bonchev–Trinajstić information content (AvgIpc) is 3.70. The summed E-state index contributed by atoms with van der Waals surface area (Å²) in [5.74, 6) is 0.259. The van der Waals surface area contributed by atoms with E-state index in [-0.39, 0.29) is 18.4 Å². The van der Waals surface area contributed by atoms with Crippen LogP contribution in [0.25, 0.3) is 11.4 Å². The highest BCUT2D eigenvalue weighted by atomic mass is 16.3. The van der Waals surface area contributed by atoms with Crippen molar-refractivity contribution in [3.05, 3.63) is 89.5 Å². The molecule has 42 heavy (non-hydrogen) atoms. The number of amides is 2. The number of hydrogen-bond acceptors (Lipinski definition) is 8. The van der Waals surface area contributed by atoms with Crippen molar-refractivity contribution in [2.75, 3.05) is 29.9 Å². The van der Waals surface area contributed by atoms with Crippen molar-refractivity contribution in [2.45, 2.75) is 44.9 Å². The van der Waals surface area contributed by atoms with Crippen molar-refractivity contribution in [1.29, 1.82) is 0 Å². The highest BCUT2D eigenvalue weighted by molar-refractivity contribution is 6.00. The molecule has 218 valence electrons. The van der Waals surface area contributed by atoms with Gasteiger partial charge in [0, 0.05) is 55.1 Å². The van der Waals surface area contributed by atoms with Gasteiger partial charge in [0.1, 0.15) is 0 Å². The van der Waals surface area contributed by atoms with Crippen molar-refractivity contribution in [3.63, 3.8) is 0 Å². The van der Waals surface area contributed by atoms with Crippen LogP contribution in [0.15, 0.2) is 72.8 Å². The zero-order valence-electron chi connectivity index (χ0n) is 23.6. The summed E-state index contributed by atoms with van der Waals surface area (Å²) in [5.41, 5.74) is 4.74. The molecular weight excluding hydrogens is 532 g/mol. The van der Waals surface area contributed by atoms with Gasteiger partial charge in [0.2, 0.25) is 11.7 Å². The number of tetrazole rings is 1. The molecule has 1 fully saturated rings. The van der Waals surface area contributed by atoms with Gasteiger partial charge in [-0.2, -0.15) is 5.21 Å². The predicted molar refractivity (Wildman–Crippen MR) is 161 cm³/mol. The average molecular weight is 569 g/mol. The van der Waals surface area contributed by atoms with Crippen LogP contribution >= 0.6 is 0 Å². The molecule has 0 saturated carbocycles. The molecule has 2 amide bonds. The number of nitrogens with one attached hydrogen (secondary N) is 4. The van der Waals surface area contributed by atoms with Gasteiger partial charge < -0.3 is 26.0 Å². The van der Waals surface area contributed by atoms with Crippen LogP contribution in [-0.2, 0) is 17.8 Å². The van der Waals surface area contributed by atoms with E-state index in [1.54, 1.807) is 17.0 Å². The van der Waals surface area contributed by atoms with Gasteiger partial charge in [0.05, 0.1) is 12.1 Å². The maximum absolute atomic E-state index is 13.6. The summed E-state index contributed by atoms with van der Waals surface area (Å²) >= 11 is 0. The second-order valence-electron chi connectivity index (χ2n) is 10.4. The van der Waals surface area contributed by atoms with E-state index >= 15 is 0 Å². The van der Waals surface area contributed by atoms with Crippen molar-refractivity contribution >= 4 is 23.2 Å². The number of carbonyl (C=O) groups excluding carboxylic acids is 2. The van der Waals surface area contributed by atoms with Gasteiger partial charge in [0.15, 0.2) is 0 Å². The fourth-order valence-corrected chi connectivity index (χ4v) is 5.14. The molecule has 2 atom stereocenters. The summed E-state index contributed by atoms with van der Waals surface area (Å²) in [5, 5.41) is 35.0. The Morgan fingerprint density at radius 2 is 1.90 bits per heavy atom. The number of anilines is 2. The lowest BCUT2D eigenvalue weighted by Gasteiger charge is -2.25. The number of nitrogens with zero attached hydrogens (tertiary/aromatic N) is 4. The van der Waals surface area contributed by atoms with Gasteiger partial charge in [0.25, 0.3) is 5.91 Å². The SMILES string of the molecule is CCNc1cc(C(=O)N[C@@H](Cc2ccccc2)[C@@H](O)CNCc2cccc(-c3nn[nH]n3)c2)cc(N2CCCC2=O)c1. The van der Waals surface area contributed by atoms with Gasteiger partial charge in [-0.25, -0.2) is 0 Å². The van der Waals surface area contributed by atoms with E-state index in [1.165, 1.54) is 0 Å². The topological polar surface area (TPSA) is 148 Å². The molecule has 0 aliphatic carbocycles. The summed E-state index contributed by atoms with van der Waals surface area (Å²) in [7, 11) is 0. The highest BCUT2D eigenvalue weighted by Crippen LogP contribution is 2.27. The molecule has 3 aromatic carbocycles. The minimum atomic E-state index is -0.869. The molecular formula is C31H36N8O3. The molecule has 4 aromatic rings. The van der Waals surface area contributed by atoms with E-state index in [0.29, 0.717) is 49.6 Å².